The van der Waals surface area contributed by atoms with Gasteiger partial charge < -0.3 is 14.4 Å². The topological polar surface area (TPSA) is 38.8 Å². The molecule has 0 saturated heterocycles. The number of carbonyl (C=O) groups excluding carboxylic acids is 1. The second-order valence-corrected chi connectivity index (χ2v) is 5.71. The third-order valence-electron chi connectivity index (χ3n) is 3.65. The molecular formula is C17H22ClNO3. The van der Waals surface area contributed by atoms with Crippen molar-refractivity contribution in [2.75, 3.05) is 19.6 Å². The van der Waals surface area contributed by atoms with Gasteiger partial charge in [-0.1, -0.05) is 13.5 Å². The molecule has 1 amide bonds. The van der Waals surface area contributed by atoms with Crippen LogP contribution in [-0.2, 0) is 17.9 Å². The Bertz CT molecular complexity index is 571. The zero-order chi connectivity index (χ0) is 16.1. The summed E-state index contributed by atoms with van der Waals surface area (Å²) in [6, 6.07) is 3.91. The van der Waals surface area contributed by atoms with E-state index >= 15 is 0 Å². The smallest absolute Gasteiger partial charge is 0.223 e. The van der Waals surface area contributed by atoms with Gasteiger partial charge in [0.15, 0.2) is 11.5 Å². The summed E-state index contributed by atoms with van der Waals surface area (Å²) >= 11 is 5.71. The zero-order valence-corrected chi connectivity index (χ0v) is 13.9. The lowest BCUT2D eigenvalue weighted by atomic mass is 10.1. The van der Waals surface area contributed by atoms with Gasteiger partial charge in [-0.05, 0) is 35.3 Å². The summed E-state index contributed by atoms with van der Waals surface area (Å²) in [6.07, 6.45) is 1.45. The Kier molecular flexibility index (Phi) is 5.72. The Hall–Kier alpha value is -1.68. The van der Waals surface area contributed by atoms with Crippen LogP contribution in [0.15, 0.2) is 24.3 Å². The number of carbonyl (C=O) groups is 1. The van der Waals surface area contributed by atoms with Crippen molar-refractivity contribution in [2.24, 2.45) is 0 Å². The van der Waals surface area contributed by atoms with Gasteiger partial charge in [-0.2, -0.15) is 0 Å². The summed E-state index contributed by atoms with van der Waals surface area (Å²) in [7, 11) is 1.61. The van der Waals surface area contributed by atoms with Crippen LogP contribution in [0.4, 0.5) is 0 Å². The third kappa shape index (κ3) is 3.74. The molecule has 1 aliphatic rings. The number of rotatable bonds is 7. The second kappa shape index (κ2) is 7.54. The van der Waals surface area contributed by atoms with Crippen molar-refractivity contribution in [3.63, 3.8) is 0 Å². The maximum absolute atomic E-state index is 12.0. The number of alkyl halides is 1. The maximum atomic E-state index is 12.0. The Balaban J connectivity index is 2.15. The van der Waals surface area contributed by atoms with E-state index in [-0.39, 0.29) is 5.91 Å². The molecule has 0 fully saturated rings. The third-order valence-corrected chi connectivity index (χ3v) is 4.02. The fourth-order valence-corrected chi connectivity index (χ4v) is 2.52. The maximum Gasteiger partial charge on any atom is 0.223 e. The van der Waals surface area contributed by atoms with Crippen molar-refractivity contribution in [3.05, 3.63) is 35.4 Å². The summed E-state index contributed by atoms with van der Waals surface area (Å²) < 4.78 is 11.1. The highest BCUT2D eigenvalue weighted by Gasteiger charge is 2.25. The number of hydrogen-bond acceptors (Lipinski definition) is 3. The van der Waals surface area contributed by atoms with Gasteiger partial charge in [-0.15, -0.1) is 11.6 Å². The lowest BCUT2D eigenvalue weighted by Crippen LogP contribution is -2.24. The standard InChI is InChI=1S/C17H22ClNO3/c1-4-5-17(20)19-9-13-6-15(21-3)16(7-14(13)10-19)22-11-12(2)8-18/h6-7H,2,4-5,8-11H2,1,3H3. The predicted molar refractivity (Wildman–Crippen MR) is 87.5 cm³/mol. The Labute approximate surface area is 136 Å². The van der Waals surface area contributed by atoms with Crippen LogP contribution in [-0.4, -0.2) is 30.4 Å². The number of benzene rings is 1. The lowest BCUT2D eigenvalue weighted by Gasteiger charge is -2.14. The molecule has 5 heteroatoms. The van der Waals surface area contributed by atoms with E-state index in [2.05, 4.69) is 6.58 Å². The van der Waals surface area contributed by atoms with E-state index in [1.807, 2.05) is 24.0 Å². The summed E-state index contributed by atoms with van der Waals surface area (Å²) in [5.74, 6) is 1.89. The molecule has 1 aliphatic heterocycles. The molecule has 120 valence electrons. The van der Waals surface area contributed by atoms with Crippen molar-refractivity contribution in [1.29, 1.82) is 0 Å². The molecule has 1 heterocycles. The highest BCUT2D eigenvalue weighted by atomic mass is 35.5. The highest BCUT2D eigenvalue weighted by Crippen LogP contribution is 2.35. The van der Waals surface area contributed by atoms with Crippen molar-refractivity contribution in [3.8, 4) is 11.5 Å². The van der Waals surface area contributed by atoms with Crippen LogP contribution < -0.4 is 9.47 Å². The molecule has 22 heavy (non-hydrogen) atoms. The molecule has 1 aromatic carbocycles. The SMILES string of the molecule is C=C(CCl)COc1cc2c(cc1OC)CN(C(=O)CCC)C2. The molecule has 4 nitrogen and oxygen atoms in total. The normalized spacial score (nSPS) is 13.0. The Morgan fingerprint density at radius 1 is 1.32 bits per heavy atom. The lowest BCUT2D eigenvalue weighted by molar-refractivity contribution is -0.131. The van der Waals surface area contributed by atoms with Crippen LogP contribution in [0.3, 0.4) is 0 Å². The van der Waals surface area contributed by atoms with Gasteiger partial charge in [0, 0.05) is 25.4 Å². The minimum absolute atomic E-state index is 0.190. The first-order valence-corrected chi connectivity index (χ1v) is 7.95. The van der Waals surface area contributed by atoms with Gasteiger partial charge in [-0.3, -0.25) is 4.79 Å². The number of hydrogen-bond donors (Lipinski definition) is 0. The van der Waals surface area contributed by atoms with Crippen molar-refractivity contribution in [1.82, 2.24) is 4.90 Å². The molecule has 0 aliphatic carbocycles. The first kappa shape index (κ1) is 16.7. The van der Waals surface area contributed by atoms with E-state index < -0.39 is 0 Å². The van der Waals surface area contributed by atoms with Crippen LogP contribution >= 0.6 is 11.6 Å². The molecule has 0 aromatic heterocycles. The van der Waals surface area contributed by atoms with Crippen LogP contribution in [0.2, 0.25) is 0 Å². The fourth-order valence-electron chi connectivity index (χ4n) is 2.44. The quantitative estimate of drug-likeness (QED) is 0.569. The van der Waals surface area contributed by atoms with Gasteiger partial charge in [-0.25, -0.2) is 0 Å². The highest BCUT2D eigenvalue weighted by molar-refractivity contribution is 6.19. The van der Waals surface area contributed by atoms with E-state index in [0.717, 1.165) is 23.1 Å². The summed E-state index contributed by atoms with van der Waals surface area (Å²) in [5, 5.41) is 0. The number of nitrogens with zero attached hydrogens (tertiary/aromatic N) is 1. The molecule has 0 radical (unpaired) electrons. The minimum Gasteiger partial charge on any atom is -0.493 e. The van der Waals surface area contributed by atoms with E-state index in [1.54, 1.807) is 7.11 Å². The molecule has 1 aromatic rings. The molecular weight excluding hydrogens is 302 g/mol. The van der Waals surface area contributed by atoms with E-state index in [9.17, 15) is 4.79 Å². The van der Waals surface area contributed by atoms with Crippen LogP contribution in [0.1, 0.15) is 30.9 Å². The average Bonchev–Trinajstić information content (AvgIpc) is 2.94. The minimum atomic E-state index is 0.190. The Morgan fingerprint density at radius 2 is 1.95 bits per heavy atom. The monoisotopic (exact) mass is 323 g/mol. The molecule has 0 spiro atoms. The van der Waals surface area contributed by atoms with Gasteiger partial charge in [0.05, 0.1) is 7.11 Å². The van der Waals surface area contributed by atoms with E-state index in [1.165, 1.54) is 0 Å². The number of ether oxygens (including phenoxy) is 2. The van der Waals surface area contributed by atoms with Crippen molar-refractivity contribution < 1.29 is 14.3 Å². The molecule has 2 rings (SSSR count). The van der Waals surface area contributed by atoms with Gasteiger partial charge >= 0.3 is 0 Å². The molecule has 0 saturated carbocycles. The number of halogens is 1. The van der Waals surface area contributed by atoms with Crippen LogP contribution in [0, 0.1) is 0 Å². The summed E-state index contributed by atoms with van der Waals surface area (Å²) in [5.41, 5.74) is 3.03. The van der Waals surface area contributed by atoms with Crippen LogP contribution in [0.25, 0.3) is 0 Å². The van der Waals surface area contributed by atoms with Gasteiger partial charge in [0.2, 0.25) is 5.91 Å². The van der Waals surface area contributed by atoms with E-state index in [4.69, 9.17) is 21.1 Å². The number of amides is 1. The number of fused-ring (bicyclic) bond motifs is 1. The summed E-state index contributed by atoms with van der Waals surface area (Å²) in [4.78, 5) is 13.9. The van der Waals surface area contributed by atoms with Gasteiger partial charge in [0.25, 0.3) is 0 Å². The summed E-state index contributed by atoms with van der Waals surface area (Å²) in [6.45, 7) is 7.46. The number of methoxy groups -OCH3 is 1. The van der Waals surface area contributed by atoms with E-state index in [0.29, 0.717) is 43.5 Å². The fraction of sp³-hybridized carbons (Fsp3) is 0.471. The Morgan fingerprint density at radius 3 is 2.50 bits per heavy atom. The largest absolute Gasteiger partial charge is 0.493 e. The molecule has 0 N–H and O–H groups in total. The molecule has 0 atom stereocenters. The second-order valence-electron chi connectivity index (χ2n) is 5.44. The van der Waals surface area contributed by atoms with Crippen molar-refractivity contribution >= 4 is 17.5 Å². The zero-order valence-electron chi connectivity index (χ0n) is 13.2. The first-order valence-electron chi connectivity index (χ1n) is 7.42. The first-order chi connectivity index (χ1) is 10.6. The predicted octanol–water partition coefficient (Wildman–Crippen LogP) is 3.51. The molecule has 0 bridgehead atoms. The van der Waals surface area contributed by atoms with Crippen LogP contribution in [0.5, 0.6) is 11.5 Å². The molecule has 0 unspecified atom stereocenters. The van der Waals surface area contributed by atoms with Gasteiger partial charge in [0.1, 0.15) is 6.61 Å². The average molecular weight is 324 g/mol. The van der Waals surface area contributed by atoms with Crippen molar-refractivity contribution in [2.45, 2.75) is 32.9 Å².